The van der Waals surface area contributed by atoms with Crippen LogP contribution in [0.25, 0.3) is 0 Å². The second-order valence-corrected chi connectivity index (χ2v) is 6.54. The summed E-state index contributed by atoms with van der Waals surface area (Å²) in [5.74, 6) is 0.390. The van der Waals surface area contributed by atoms with Gasteiger partial charge in [0.05, 0.1) is 6.54 Å². The molecule has 22 heavy (non-hydrogen) atoms. The summed E-state index contributed by atoms with van der Waals surface area (Å²) >= 11 is 0. The Hall–Kier alpha value is -1.14. The van der Waals surface area contributed by atoms with Gasteiger partial charge in [-0.25, -0.2) is 0 Å². The lowest BCUT2D eigenvalue weighted by Gasteiger charge is -2.25. The van der Waals surface area contributed by atoms with Crippen LogP contribution in [0.4, 0.5) is 0 Å². The third-order valence-electron chi connectivity index (χ3n) is 4.92. The normalized spacial score (nSPS) is 27.2. The van der Waals surface area contributed by atoms with Crippen LogP contribution in [0, 0.1) is 0 Å². The van der Waals surface area contributed by atoms with E-state index in [-0.39, 0.29) is 17.9 Å². The number of likely N-dealkylation sites (tertiary alicyclic amines) is 1. The van der Waals surface area contributed by atoms with E-state index in [1.54, 1.807) is 0 Å². The fraction of sp³-hybridized carbons (Fsp3) is 0.875. The summed E-state index contributed by atoms with van der Waals surface area (Å²) in [6.07, 6.45) is 4.82. The molecule has 3 saturated heterocycles. The van der Waals surface area contributed by atoms with Crippen LogP contribution in [-0.2, 0) is 14.3 Å². The highest BCUT2D eigenvalue weighted by Crippen LogP contribution is 2.16. The minimum absolute atomic E-state index is 0.144. The molecule has 0 N–H and O–H groups in total. The third-order valence-corrected chi connectivity index (χ3v) is 4.92. The highest BCUT2D eigenvalue weighted by atomic mass is 16.5. The van der Waals surface area contributed by atoms with Crippen LogP contribution in [-0.4, -0.2) is 85.0 Å². The van der Waals surface area contributed by atoms with E-state index in [0.29, 0.717) is 19.7 Å². The van der Waals surface area contributed by atoms with Crippen LogP contribution >= 0.6 is 0 Å². The van der Waals surface area contributed by atoms with Gasteiger partial charge < -0.3 is 14.5 Å². The highest BCUT2D eigenvalue weighted by Gasteiger charge is 2.30. The number of carbonyl (C=O) groups is 2. The monoisotopic (exact) mass is 309 g/mol. The average molecular weight is 309 g/mol. The van der Waals surface area contributed by atoms with Crippen LogP contribution in [0.15, 0.2) is 0 Å². The molecule has 2 amide bonds. The van der Waals surface area contributed by atoms with Crippen molar-refractivity contribution in [1.29, 1.82) is 0 Å². The molecule has 0 aromatic carbocycles. The number of rotatable bonds is 3. The number of hydrogen-bond acceptors (Lipinski definition) is 4. The van der Waals surface area contributed by atoms with E-state index < -0.39 is 0 Å². The Morgan fingerprint density at radius 3 is 2.36 bits per heavy atom. The fourth-order valence-corrected chi connectivity index (χ4v) is 3.58. The zero-order valence-electron chi connectivity index (χ0n) is 13.3. The maximum atomic E-state index is 12.4. The van der Waals surface area contributed by atoms with E-state index in [0.717, 1.165) is 64.8 Å². The van der Waals surface area contributed by atoms with Crippen molar-refractivity contribution in [2.24, 2.45) is 0 Å². The molecule has 3 aliphatic heterocycles. The molecule has 0 bridgehead atoms. The topological polar surface area (TPSA) is 53.1 Å². The van der Waals surface area contributed by atoms with E-state index in [2.05, 4.69) is 4.90 Å². The van der Waals surface area contributed by atoms with Crippen LogP contribution in [0.5, 0.6) is 0 Å². The Balaban J connectivity index is 1.46. The molecule has 6 nitrogen and oxygen atoms in total. The first-order valence-corrected chi connectivity index (χ1v) is 8.64. The van der Waals surface area contributed by atoms with Gasteiger partial charge >= 0.3 is 0 Å². The third kappa shape index (κ3) is 3.79. The minimum Gasteiger partial charge on any atom is -0.368 e. The molecule has 0 aliphatic carbocycles. The Kier molecular flexibility index (Phi) is 5.31. The number of nitrogens with zero attached hydrogens (tertiary/aromatic N) is 3. The van der Waals surface area contributed by atoms with Crippen molar-refractivity contribution in [2.45, 2.75) is 38.2 Å². The lowest BCUT2D eigenvalue weighted by molar-refractivity contribution is -0.140. The number of amides is 2. The number of ether oxygens (including phenoxy) is 1. The van der Waals surface area contributed by atoms with Gasteiger partial charge in [-0.2, -0.15) is 0 Å². The summed E-state index contributed by atoms with van der Waals surface area (Å²) in [6.45, 7) is 6.22. The molecule has 0 aromatic heterocycles. The quantitative estimate of drug-likeness (QED) is 0.753. The van der Waals surface area contributed by atoms with Gasteiger partial charge in [-0.3, -0.25) is 14.5 Å². The van der Waals surface area contributed by atoms with E-state index in [1.807, 2.05) is 9.80 Å². The molecule has 3 aliphatic rings. The summed E-state index contributed by atoms with van der Waals surface area (Å²) in [5.41, 5.74) is 0. The maximum Gasteiger partial charge on any atom is 0.251 e. The summed E-state index contributed by atoms with van der Waals surface area (Å²) < 4.78 is 5.50. The fourth-order valence-electron chi connectivity index (χ4n) is 3.58. The van der Waals surface area contributed by atoms with Crippen molar-refractivity contribution >= 4 is 11.8 Å². The average Bonchev–Trinajstić information content (AvgIpc) is 3.18. The smallest absolute Gasteiger partial charge is 0.251 e. The van der Waals surface area contributed by atoms with Crippen LogP contribution in [0.3, 0.4) is 0 Å². The first-order valence-electron chi connectivity index (χ1n) is 8.64. The SMILES string of the molecule is O=C(CN1CCCN(C(=O)C2CCCO2)CC1)N1CCCC1. The Labute approximate surface area is 132 Å². The second kappa shape index (κ2) is 7.42. The van der Waals surface area contributed by atoms with Gasteiger partial charge in [0, 0.05) is 45.9 Å². The van der Waals surface area contributed by atoms with Gasteiger partial charge in [0.2, 0.25) is 5.91 Å². The van der Waals surface area contributed by atoms with Crippen LogP contribution in [0.1, 0.15) is 32.1 Å². The van der Waals surface area contributed by atoms with E-state index >= 15 is 0 Å². The predicted octanol–water partition coefficient (Wildman–Crippen LogP) is 0.322. The Morgan fingerprint density at radius 2 is 1.64 bits per heavy atom. The largest absolute Gasteiger partial charge is 0.368 e. The molecular formula is C16H27N3O3. The molecular weight excluding hydrogens is 282 g/mol. The molecule has 0 radical (unpaired) electrons. The van der Waals surface area contributed by atoms with Crippen molar-refractivity contribution in [3.8, 4) is 0 Å². The van der Waals surface area contributed by atoms with Crippen molar-refractivity contribution in [3.63, 3.8) is 0 Å². The van der Waals surface area contributed by atoms with Gasteiger partial charge in [0.15, 0.2) is 0 Å². The summed E-state index contributed by atoms with van der Waals surface area (Å²) in [7, 11) is 0. The zero-order valence-corrected chi connectivity index (χ0v) is 13.3. The van der Waals surface area contributed by atoms with Gasteiger partial charge in [-0.1, -0.05) is 0 Å². The van der Waals surface area contributed by atoms with Gasteiger partial charge in [-0.15, -0.1) is 0 Å². The number of carbonyl (C=O) groups excluding carboxylic acids is 2. The highest BCUT2D eigenvalue weighted by molar-refractivity contribution is 5.81. The molecule has 6 heteroatoms. The lowest BCUT2D eigenvalue weighted by atomic mass is 10.2. The van der Waals surface area contributed by atoms with E-state index in [1.165, 1.54) is 0 Å². The standard InChI is InChI=1S/C16H27N3O3/c20-15(18-7-1-2-8-18)13-17-6-4-9-19(11-10-17)16(21)14-5-3-12-22-14/h14H,1-13H2. The number of hydrogen-bond donors (Lipinski definition) is 0. The lowest BCUT2D eigenvalue weighted by Crippen LogP contribution is -2.43. The molecule has 0 saturated carbocycles. The van der Waals surface area contributed by atoms with Crippen molar-refractivity contribution < 1.29 is 14.3 Å². The van der Waals surface area contributed by atoms with Crippen molar-refractivity contribution in [2.75, 3.05) is 52.4 Å². The summed E-state index contributed by atoms with van der Waals surface area (Å²) in [6, 6.07) is 0. The molecule has 3 fully saturated rings. The predicted molar refractivity (Wildman–Crippen MR) is 82.4 cm³/mol. The molecule has 0 spiro atoms. The van der Waals surface area contributed by atoms with Crippen molar-refractivity contribution in [1.82, 2.24) is 14.7 Å². The molecule has 0 aromatic rings. The summed E-state index contributed by atoms with van der Waals surface area (Å²) in [4.78, 5) is 30.7. The Morgan fingerprint density at radius 1 is 0.864 bits per heavy atom. The molecule has 3 heterocycles. The molecule has 1 unspecified atom stereocenters. The van der Waals surface area contributed by atoms with Crippen LogP contribution in [0.2, 0.25) is 0 Å². The van der Waals surface area contributed by atoms with Gasteiger partial charge in [0.1, 0.15) is 6.10 Å². The molecule has 1 atom stereocenters. The first-order chi connectivity index (χ1) is 10.7. The van der Waals surface area contributed by atoms with Gasteiger partial charge in [0.25, 0.3) is 5.91 Å². The van der Waals surface area contributed by atoms with E-state index in [9.17, 15) is 9.59 Å². The maximum absolute atomic E-state index is 12.4. The van der Waals surface area contributed by atoms with Gasteiger partial charge in [-0.05, 0) is 32.1 Å². The second-order valence-electron chi connectivity index (χ2n) is 6.54. The summed E-state index contributed by atoms with van der Waals surface area (Å²) in [5, 5.41) is 0. The van der Waals surface area contributed by atoms with Crippen LogP contribution < -0.4 is 0 Å². The first kappa shape index (κ1) is 15.7. The Bertz CT molecular complexity index is 403. The molecule has 3 rings (SSSR count). The minimum atomic E-state index is -0.224. The zero-order chi connectivity index (χ0) is 15.4. The van der Waals surface area contributed by atoms with E-state index in [4.69, 9.17) is 4.74 Å². The molecule has 124 valence electrons. The van der Waals surface area contributed by atoms with Crippen molar-refractivity contribution in [3.05, 3.63) is 0 Å².